The van der Waals surface area contributed by atoms with Gasteiger partial charge >= 0.3 is 0 Å². The van der Waals surface area contributed by atoms with Crippen LogP contribution in [0.4, 0.5) is 0 Å². The minimum atomic E-state index is -0.249. The van der Waals surface area contributed by atoms with Gasteiger partial charge in [-0.1, -0.05) is 0 Å². The predicted molar refractivity (Wildman–Crippen MR) is 74.4 cm³/mol. The number of aliphatic hydroxyl groups excluding tert-OH is 1. The maximum absolute atomic E-state index is 12.1. The lowest BCUT2D eigenvalue weighted by molar-refractivity contribution is 0.0878. The van der Waals surface area contributed by atoms with Gasteiger partial charge in [-0.15, -0.1) is 0 Å². The molecule has 1 atom stereocenters. The molecule has 0 bridgehead atoms. The van der Waals surface area contributed by atoms with Crippen LogP contribution in [0.15, 0.2) is 18.2 Å². The standard InChI is InChI=1S/C14H21NO5/c1-18-9-11(6-7-16)15-14(17)10-4-5-12(19-2)13(8-10)20-3/h4-5,8,11,16H,6-7,9H2,1-3H3,(H,15,17). The maximum atomic E-state index is 12.1. The van der Waals surface area contributed by atoms with Crippen LogP contribution >= 0.6 is 0 Å². The lowest BCUT2D eigenvalue weighted by Gasteiger charge is -2.17. The number of hydrogen-bond donors (Lipinski definition) is 2. The van der Waals surface area contributed by atoms with Crippen molar-refractivity contribution in [2.45, 2.75) is 12.5 Å². The third-order valence-corrected chi connectivity index (χ3v) is 2.83. The first kappa shape index (κ1) is 16.3. The number of nitrogens with one attached hydrogen (secondary N) is 1. The number of rotatable bonds is 8. The number of carbonyl (C=O) groups is 1. The lowest BCUT2D eigenvalue weighted by atomic mass is 10.1. The third kappa shape index (κ3) is 4.40. The Hall–Kier alpha value is -1.79. The van der Waals surface area contributed by atoms with Crippen LogP contribution in [-0.4, -0.2) is 51.6 Å². The highest BCUT2D eigenvalue weighted by Crippen LogP contribution is 2.27. The van der Waals surface area contributed by atoms with E-state index in [1.54, 1.807) is 25.3 Å². The number of methoxy groups -OCH3 is 3. The summed E-state index contributed by atoms with van der Waals surface area (Å²) >= 11 is 0. The van der Waals surface area contributed by atoms with Crippen LogP contribution in [0.2, 0.25) is 0 Å². The van der Waals surface area contributed by atoms with E-state index in [2.05, 4.69) is 5.32 Å². The van der Waals surface area contributed by atoms with Gasteiger partial charge in [0.15, 0.2) is 11.5 Å². The highest BCUT2D eigenvalue weighted by atomic mass is 16.5. The molecular weight excluding hydrogens is 262 g/mol. The molecule has 1 unspecified atom stereocenters. The van der Waals surface area contributed by atoms with Crippen molar-refractivity contribution >= 4 is 5.91 Å². The number of carbonyl (C=O) groups excluding carboxylic acids is 1. The summed E-state index contributed by atoms with van der Waals surface area (Å²) in [5, 5.41) is 11.8. The zero-order valence-electron chi connectivity index (χ0n) is 12.0. The van der Waals surface area contributed by atoms with Gasteiger partial charge in [0.1, 0.15) is 0 Å². The van der Waals surface area contributed by atoms with Crippen LogP contribution in [-0.2, 0) is 4.74 Å². The summed E-state index contributed by atoms with van der Waals surface area (Å²) in [5.41, 5.74) is 0.460. The summed E-state index contributed by atoms with van der Waals surface area (Å²) in [7, 11) is 4.60. The molecular formula is C14H21NO5. The lowest BCUT2D eigenvalue weighted by Crippen LogP contribution is -2.38. The summed E-state index contributed by atoms with van der Waals surface area (Å²) in [6.45, 7) is 0.333. The topological polar surface area (TPSA) is 77.0 Å². The molecule has 0 saturated carbocycles. The smallest absolute Gasteiger partial charge is 0.251 e. The number of ether oxygens (including phenoxy) is 3. The molecule has 0 aliphatic rings. The van der Waals surface area contributed by atoms with Crippen molar-refractivity contribution in [1.29, 1.82) is 0 Å². The average molecular weight is 283 g/mol. The fraction of sp³-hybridized carbons (Fsp3) is 0.500. The van der Waals surface area contributed by atoms with Gasteiger partial charge in [0.05, 0.1) is 26.9 Å². The molecule has 0 saturated heterocycles. The van der Waals surface area contributed by atoms with Crippen LogP contribution < -0.4 is 14.8 Å². The monoisotopic (exact) mass is 283 g/mol. The van der Waals surface area contributed by atoms with Crippen molar-refractivity contribution in [2.24, 2.45) is 0 Å². The van der Waals surface area contributed by atoms with Crippen LogP contribution in [0, 0.1) is 0 Å². The zero-order valence-corrected chi connectivity index (χ0v) is 12.0. The highest BCUT2D eigenvalue weighted by Gasteiger charge is 2.15. The Balaban J connectivity index is 2.80. The van der Waals surface area contributed by atoms with Crippen LogP contribution in [0.25, 0.3) is 0 Å². The first-order chi connectivity index (χ1) is 9.65. The molecule has 0 spiro atoms. The van der Waals surface area contributed by atoms with Crippen molar-refractivity contribution < 1.29 is 24.1 Å². The molecule has 1 rings (SSSR count). The number of benzene rings is 1. The number of aliphatic hydroxyl groups is 1. The largest absolute Gasteiger partial charge is 0.493 e. The molecule has 1 amide bonds. The Morgan fingerprint density at radius 1 is 1.25 bits per heavy atom. The van der Waals surface area contributed by atoms with Gasteiger partial charge in [-0.2, -0.15) is 0 Å². The summed E-state index contributed by atoms with van der Waals surface area (Å²) in [6.07, 6.45) is 0.437. The van der Waals surface area contributed by atoms with Crippen molar-refractivity contribution in [2.75, 3.05) is 34.5 Å². The molecule has 0 heterocycles. The SMILES string of the molecule is COCC(CCO)NC(=O)c1ccc(OC)c(OC)c1. The Labute approximate surface area is 118 Å². The summed E-state index contributed by atoms with van der Waals surface area (Å²) in [6, 6.07) is 4.70. The van der Waals surface area contributed by atoms with Crippen molar-refractivity contribution in [3.8, 4) is 11.5 Å². The van der Waals surface area contributed by atoms with Crippen LogP contribution in [0.3, 0.4) is 0 Å². The van der Waals surface area contributed by atoms with E-state index in [4.69, 9.17) is 19.3 Å². The Morgan fingerprint density at radius 2 is 1.95 bits per heavy atom. The Morgan fingerprint density at radius 3 is 2.50 bits per heavy atom. The van der Waals surface area contributed by atoms with E-state index in [1.165, 1.54) is 14.2 Å². The van der Waals surface area contributed by atoms with Gasteiger partial charge in [0.25, 0.3) is 5.91 Å². The molecule has 1 aromatic rings. The molecule has 0 aliphatic carbocycles. The van der Waals surface area contributed by atoms with Gasteiger partial charge < -0.3 is 24.6 Å². The van der Waals surface area contributed by atoms with Crippen molar-refractivity contribution in [3.05, 3.63) is 23.8 Å². The van der Waals surface area contributed by atoms with E-state index in [1.807, 2.05) is 0 Å². The number of hydrogen-bond acceptors (Lipinski definition) is 5. The minimum Gasteiger partial charge on any atom is -0.493 e. The van der Waals surface area contributed by atoms with Crippen molar-refractivity contribution in [3.63, 3.8) is 0 Å². The fourth-order valence-electron chi connectivity index (χ4n) is 1.80. The summed E-state index contributed by atoms with van der Waals surface area (Å²) in [4.78, 5) is 12.1. The van der Waals surface area contributed by atoms with Crippen molar-refractivity contribution in [1.82, 2.24) is 5.32 Å². The Bertz CT molecular complexity index is 430. The number of amides is 1. The molecule has 0 aromatic heterocycles. The quantitative estimate of drug-likeness (QED) is 0.739. The molecule has 20 heavy (non-hydrogen) atoms. The minimum absolute atomic E-state index is 0.0137. The molecule has 1 aromatic carbocycles. The van der Waals surface area contributed by atoms with E-state index >= 15 is 0 Å². The molecule has 112 valence electrons. The normalized spacial score (nSPS) is 11.8. The first-order valence-electron chi connectivity index (χ1n) is 6.29. The van der Waals surface area contributed by atoms with Crippen LogP contribution in [0.5, 0.6) is 11.5 Å². The second-order valence-corrected chi connectivity index (χ2v) is 4.21. The first-order valence-corrected chi connectivity index (χ1v) is 6.29. The van der Waals surface area contributed by atoms with E-state index in [-0.39, 0.29) is 18.6 Å². The van der Waals surface area contributed by atoms with E-state index < -0.39 is 0 Å². The second kappa shape index (κ2) is 8.39. The average Bonchev–Trinajstić information content (AvgIpc) is 2.46. The summed E-state index contributed by atoms with van der Waals surface area (Å²) < 4.78 is 15.3. The van der Waals surface area contributed by atoms with E-state index in [0.717, 1.165) is 0 Å². The molecule has 6 heteroatoms. The summed E-state index contributed by atoms with van der Waals surface area (Å²) in [5.74, 6) is 0.805. The molecule has 0 aliphatic heterocycles. The molecule has 0 fully saturated rings. The second-order valence-electron chi connectivity index (χ2n) is 4.21. The fourth-order valence-corrected chi connectivity index (χ4v) is 1.80. The van der Waals surface area contributed by atoms with Gasteiger partial charge in [-0.25, -0.2) is 0 Å². The van der Waals surface area contributed by atoms with Gasteiger partial charge in [0.2, 0.25) is 0 Å². The predicted octanol–water partition coefficient (Wildman–Crippen LogP) is 0.831. The van der Waals surface area contributed by atoms with Gasteiger partial charge in [0, 0.05) is 19.3 Å². The molecule has 6 nitrogen and oxygen atoms in total. The molecule has 2 N–H and O–H groups in total. The highest BCUT2D eigenvalue weighted by molar-refractivity contribution is 5.95. The van der Waals surface area contributed by atoms with Crippen LogP contribution in [0.1, 0.15) is 16.8 Å². The molecule has 0 radical (unpaired) electrons. The van der Waals surface area contributed by atoms with Gasteiger partial charge in [-0.05, 0) is 24.6 Å². The maximum Gasteiger partial charge on any atom is 0.251 e. The van der Waals surface area contributed by atoms with E-state index in [9.17, 15) is 4.79 Å². The Kier molecular flexibility index (Phi) is 6.83. The van der Waals surface area contributed by atoms with Gasteiger partial charge in [-0.3, -0.25) is 4.79 Å². The third-order valence-electron chi connectivity index (χ3n) is 2.83. The zero-order chi connectivity index (χ0) is 15.0. The van der Waals surface area contributed by atoms with E-state index in [0.29, 0.717) is 30.1 Å².